The van der Waals surface area contributed by atoms with Crippen LogP contribution in [0.5, 0.6) is 0 Å². The minimum atomic E-state index is -0.495. The number of benzene rings is 1. The van der Waals surface area contributed by atoms with E-state index in [0.29, 0.717) is 17.1 Å². The molecule has 2 heterocycles. The molecule has 0 bridgehead atoms. The SMILES string of the molecule is Cc1ccc(NC(=O)c2cc(C)ccc2NC(=O)c2ccc(Cl)nn2)nc1. The van der Waals surface area contributed by atoms with Gasteiger partial charge in [-0.1, -0.05) is 29.3 Å². The van der Waals surface area contributed by atoms with Crippen molar-refractivity contribution in [2.45, 2.75) is 13.8 Å². The second-order valence-corrected chi connectivity index (χ2v) is 6.31. The molecule has 3 aromatic rings. The van der Waals surface area contributed by atoms with Gasteiger partial charge in [-0.15, -0.1) is 10.2 Å². The van der Waals surface area contributed by atoms with Crippen LogP contribution in [0.25, 0.3) is 0 Å². The van der Waals surface area contributed by atoms with Crippen molar-refractivity contribution >= 4 is 34.9 Å². The van der Waals surface area contributed by atoms with E-state index in [0.717, 1.165) is 11.1 Å². The Morgan fingerprint density at radius 2 is 1.67 bits per heavy atom. The zero-order valence-corrected chi connectivity index (χ0v) is 15.4. The Labute approximate surface area is 160 Å². The largest absolute Gasteiger partial charge is 0.320 e. The first kappa shape index (κ1) is 18.5. The minimum Gasteiger partial charge on any atom is -0.320 e. The summed E-state index contributed by atoms with van der Waals surface area (Å²) in [5, 5.41) is 13.0. The number of hydrogen-bond donors (Lipinski definition) is 2. The number of aromatic nitrogens is 3. The topological polar surface area (TPSA) is 96.9 Å². The number of rotatable bonds is 4. The number of halogens is 1. The molecule has 2 amide bonds. The third kappa shape index (κ3) is 4.65. The van der Waals surface area contributed by atoms with Crippen molar-refractivity contribution in [3.05, 3.63) is 76.2 Å². The fourth-order valence-electron chi connectivity index (χ4n) is 2.30. The van der Waals surface area contributed by atoms with E-state index in [2.05, 4.69) is 25.8 Å². The van der Waals surface area contributed by atoms with E-state index in [1.807, 2.05) is 19.9 Å². The Morgan fingerprint density at radius 1 is 0.889 bits per heavy atom. The van der Waals surface area contributed by atoms with Crippen LogP contribution in [-0.4, -0.2) is 27.0 Å². The van der Waals surface area contributed by atoms with Gasteiger partial charge in [-0.25, -0.2) is 4.98 Å². The zero-order valence-electron chi connectivity index (χ0n) is 14.7. The first-order chi connectivity index (χ1) is 12.9. The molecule has 3 rings (SSSR count). The first-order valence-electron chi connectivity index (χ1n) is 8.07. The van der Waals surface area contributed by atoms with Gasteiger partial charge in [-0.2, -0.15) is 0 Å². The van der Waals surface area contributed by atoms with E-state index in [9.17, 15) is 9.59 Å². The van der Waals surface area contributed by atoms with Crippen LogP contribution in [0.4, 0.5) is 11.5 Å². The number of anilines is 2. The predicted molar refractivity (Wildman–Crippen MR) is 103 cm³/mol. The second kappa shape index (κ2) is 7.92. The summed E-state index contributed by atoms with van der Waals surface area (Å²) in [6, 6.07) is 11.6. The first-order valence-corrected chi connectivity index (χ1v) is 8.45. The lowest BCUT2D eigenvalue weighted by atomic mass is 10.1. The molecule has 136 valence electrons. The predicted octanol–water partition coefficient (Wildman–Crippen LogP) is 3.65. The van der Waals surface area contributed by atoms with Crippen molar-refractivity contribution in [2.24, 2.45) is 0 Å². The molecule has 2 aromatic heterocycles. The molecule has 0 spiro atoms. The van der Waals surface area contributed by atoms with Crippen molar-refractivity contribution in [1.82, 2.24) is 15.2 Å². The van der Waals surface area contributed by atoms with E-state index < -0.39 is 5.91 Å². The monoisotopic (exact) mass is 381 g/mol. The number of nitrogens with zero attached hydrogens (tertiary/aromatic N) is 3. The molecule has 0 saturated carbocycles. The van der Waals surface area contributed by atoms with E-state index in [4.69, 9.17) is 11.6 Å². The Kier molecular flexibility index (Phi) is 5.42. The van der Waals surface area contributed by atoms with E-state index >= 15 is 0 Å². The quantitative estimate of drug-likeness (QED) is 0.719. The second-order valence-electron chi connectivity index (χ2n) is 5.92. The summed E-state index contributed by atoms with van der Waals surface area (Å²) in [7, 11) is 0. The van der Waals surface area contributed by atoms with Crippen LogP contribution in [0.15, 0.2) is 48.7 Å². The van der Waals surface area contributed by atoms with Crippen LogP contribution in [-0.2, 0) is 0 Å². The number of nitrogens with one attached hydrogen (secondary N) is 2. The summed E-state index contributed by atoms with van der Waals surface area (Å²) < 4.78 is 0. The van der Waals surface area contributed by atoms with Crippen LogP contribution in [0, 0.1) is 13.8 Å². The standard InChI is InChI=1S/C19H16ClN5O2/c1-11-3-5-14(22-19(27)15-6-7-16(20)25-24-15)13(9-11)18(26)23-17-8-4-12(2)10-21-17/h3-10H,1-2H3,(H,22,27)(H,21,23,26). The third-order valence-corrected chi connectivity index (χ3v) is 3.89. The Bertz CT molecular complexity index is 988. The number of hydrogen-bond acceptors (Lipinski definition) is 5. The molecule has 0 aliphatic rings. The smallest absolute Gasteiger partial charge is 0.276 e. The minimum absolute atomic E-state index is 0.0894. The number of aryl methyl sites for hydroxylation is 2. The van der Waals surface area contributed by atoms with Gasteiger partial charge in [0.25, 0.3) is 11.8 Å². The molecular weight excluding hydrogens is 366 g/mol. The highest BCUT2D eigenvalue weighted by molar-refractivity contribution is 6.29. The highest BCUT2D eigenvalue weighted by atomic mass is 35.5. The normalized spacial score (nSPS) is 10.3. The summed E-state index contributed by atoms with van der Waals surface area (Å²) in [6.45, 7) is 3.77. The molecule has 0 unspecified atom stereocenters. The van der Waals surface area contributed by atoms with Gasteiger partial charge in [-0.05, 0) is 49.7 Å². The molecule has 0 aliphatic heterocycles. The molecule has 7 nitrogen and oxygen atoms in total. The van der Waals surface area contributed by atoms with Crippen molar-refractivity contribution in [1.29, 1.82) is 0 Å². The van der Waals surface area contributed by atoms with Gasteiger partial charge >= 0.3 is 0 Å². The fraction of sp³-hybridized carbons (Fsp3) is 0.105. The number of carbonyl (C=O) groups excluding carboxylic acids is 2. The lowest BCUT2D eigenvalue weighted by Crippen LogP contribution is -2.19. The maximum absolute atomic E-state index is 12.7. The summed E-state index contributed by atoms with van der Waals surface area (Å²) in [4.78, 5) is 29.2. The molecule has 0 fully saturated rings. The summed E-state index contributed by atoms with van der Waals surface area (Å²) in [6.07, 6.45) is 1.66. The summed E-state index contributed by atoms with van der Waals surface area (Å²) in [5.74, 6) is -0.453. The average Bonchev–Trinajstić information content (AvgIpc) is 2.65. The molecule has 8 heteroatoms. The Morgan fingerprint density at radius 3 is 2.33 bits per heavy atom. The number of amides is 2. The molecule has 2 N–H and O–H groups in total. The van der Waals surface area contributed by atoms with Crippen LogP contribution in [0.2, 0.25) is 5.15 Å². The molecule has 27 heavy (non-hydrogen) atoms. The Balaban J connectivity index is 1.83. The zero-order chi connectivity index (χ0) is 19.4. The van der Waals surface area contributed by atoms with E-state index in [1.165, 1.54) is 12.1 Å². The molecule has 0 saturated heterocycles. The van der Waals surface area contributed by atoms with E-state index in [1.54, 1.807) is 30.5 Å². The van der Waals surface area contributed by atoms with Gasteiger partial charge < -0.3 is 10.6 Å². The van der Waals surface area contributed by atoms with Crippen molar-refractivity contribution in [3.8, 4) is 0 Å². The van der Waals surface area contributed by atoms with E-state index in [-0.39, 0.29) is 16.8 Å². The maximum atomic E-state index is 12.7. The van der Waals surface area contributed by atoms with Gasteiger partial charge in [0.2, 0.25) is 0 Å². The number of pyridine rings is 1. The molecular formula is C19H16ClN5O2. The average molecular weight is 382 g/mol. The lowest BCUT2D eigenvalue weighted by molar-refractivity contribution is 0.102. The van der Waals surface area contributed by atoms with Crippen molar-refractivity contribution in [2.75, 3.05) is 10.6 Å². The Hall–Kier alpha value is -3.32. The van der Waals surface area contributed by atoms with Crippen molar-refractivity contribution in [3.63, 3.8) is 0 Å². The van der Waals surface area contributed by atoms with Gasteiger partial charge in [-0.3, -0.25) is 9.59 Å². The van der Waals surface area contributed by atoms with Crippen molar-refractivity contribution < 1.29 is 9.59 Å². The molecule has 0 aliphatic carbocycles. The van der Waals surface area contributed by atoms with Gasteiger partial charge in [0.05, 0.1) is 11.3 Å². The molecule has 0 atom stereocenters. The fourth-order valence-corrected chi connectivity index (χ4v) is 2.40. The summed E-state index contributed by atoms with van der Waals surface area (Å²) >= 11 is 5.68. The summed E-state index contributed by atoms with van der Waals surface area (Å²) in [5.41, 5.74) is 2.62. The molecule has 1 aromatic carbocycles. The van der Waals surface area contributed by atoms with Crippen LogP contribution < -0.4 is 10.6 Å². The van der Waals surface area contributed by atoms with Gasteiger partial charge in [0.15, 0.2) is 10.8 Å². The highest BCUT2D eigenvalue weighted by Crippen LogP contribution is 2.20. The molecule has 0 radical (unpaired) electrons. The van der Waals surface area contributed by atoms with Crippen LogP contribution in [0.3, 0.4) is 0 Å². The maximum Gasteiger partial charge on any atom is 0.276 e. The highest BCUT2D eigenvalue weighted by Gasteiger charge is 2.16. The van der Waals surface area contributed by atoms with Gasteiger partial charge in [0, 0.05) is 6.20 Å². The van der Waals surface area contributed by atoms with Crippen LogP contribution >= 0.6 is 11.6 Å². The van der Waals surface area contributed by atoms with Gasteiger partial charge in [0.1, 0.15) is 5.82 Å². The van der Waals surface area contributed by atoms with Crippen LogP contribution in [0.1, 0.15) is 32.0 Å². The lowest BCUT2D eigenvalue weighted by Gasteiger charge is -2.12. The number of carbonyl (C=O) groups is 2. The third-order valence-electron chi connectivity index (χ3n) is 3.69.